The van der Waals surface area contributed by atoms with E-state index >= 15 is 0 Å². The Bertz CT molecular complexity index is 1250. The molecule has 2 aromatic heterocycles. The molecular formula is C27H29N5O2. The molecule has 1 aliphatic carbocycles. The van der Waals surface area contributed by atoms with Crippen molar-refractivity contribution in [1.29, 1.82) is 0 Å². The summed E-state index contributed by atoms with van der Waals surface area (Å²) in [5, 5.41) is 5.84. The number of urea groups is 1. The minimum atomic E-state index is -0.218. The summed E-state index contributed by atoms with van der Waals surface area (Å²) in [6.07, 6.45) is 8.38. The van der Waals surface area contributed by atoms with Crippen molar-refractivity contribution >= 4 is 17.1 Å². The number of benzene rings is 2. The lowest BCUT2D eigenvalue weighted by molar-refractivity contribution is 0.198. The molecule has 2 heterocycles. The summed E-state index contributed by atoms with van der Waals surface area (Å²) in [5.74, 6) is 0.621. The number of pyridine rings is 1. The van der Waals surface area contributed by atoms with Gasteiger partial charge in [-0.3, -0.25) is 0 Å². The number of hydrogen-bond donors (Lipinski definition) is 2. The predicted molar refractivity (Wildman–Crippen MR) is 131 cm³/mol. The predicted octanol–water partition coefficient (Wildman–Crippen LogP) is 4.80. The molecule has 2 amide bonds. The fourth-order valence-corrected chi connectivity index (χ4v) is 4.34. The summed E-state index contributed by atoms with van der Waals surface area (Å²) in [4.78, 5) is 21.2. The first-order chi connectivity index (χ1) is 16.7. The van der Waals surface area contributed by atoms with Gasteiger partial charge in [-0.05, 0) is 55.0 Å². The number of nitrogens with one attached hydrogen (secondary N) is 2. The maximum absolute atomic E-state index is 12.4. The van der Waals surface area contributed by atoms with E-state index in [1.807, 2.05) is 48.8 Å². The van der Waals surface area contributed by atoms with Crippen LogP contribution in [0.25, 0.3) is 11.0 Å². The summed E-state index contributed by atoms with van der Waals surface area (Å²) in [6.45, 7) is 1.59. The van der Waals surface area contributed by atoms with Crippen LogP contribution in [0.4, 0.5) is 4.79 Å². The van der Waals surface area contributed by atoms with Gasteiger partial charge in [-0.1, -0.05) is 42.5 Å². The fourth-order valence-electron chi connectivity index (χ4n) is 4.34. The molecule has 2 N–H and O–H groups in total. The third-order valence-electron chi connectivity index (χ3n) is 6.23. The van der Waals surface area contributed by atoms with Gasteiger partial charge in [-0.25, -0.2) is 14.8 Å². The molecule has 0 bridgehead atoms. The van der Waals surface area contributed by atoms with Crippen molar-refractivity contribution in [2.75, 3.05) is 0 Å². The van der Waals surface area contributed by atoms with Gasteiger partial charge in [0.2, 0.25) is 5.88 Å². The van der Waals surface area contributed by atoms with Crippen LogP contribution in [0, 0.1) is 0 Å². The van der Waals surface area contributed by atoms with Gasteiger partial charge in [0.15, 0.2) is 0 Å². The monoisotopic (exact) mass is 455 g/mol. The third-order valence-corrected chi connectivity index (χ3v) is 6.23. The lowest BCUT2D eigenvalue weighted by Gasteiger charge is -2.15. The molecule has 5 rings (SSSR count). The van der Waals surface area contributed by atoms with Crippen molar-refractivity contribution in [2.45, 2.75) is 51.4 Å². The Morgan fingerprint density at radius 1 is 0.912 bits per heavy atom. The van der Waals surface area contributed by atoms with E-state index in [1.165, 1.54) is 18.4 Å². The van der Waals surface area contributed by atoms with Crippen LogP contribution in [0.3, 0.4) is 0 Å². The quantitative estimate of drug-likeness (QED) is 0.400. The fraction of sp³-hybridized carbons (Fsp3) is 0.296. The first-order valence-corrected chi connectivity index (χ1v) is 11.8. The molecule has 7 nitrogen and oxygen atoms in total. The van der Waals surface area contributed by atoms with Gasteiger partial charge in [0.05, 0.1) is 17.4 Å². The highest BCUT2D eigenvalue weighted by molar-refractivity contribution is 5.75. The number of aromatic nitrogens is 3. The van der Waals surface area contributed by atoms with Crippen molar-refractivity contribution in [3.05, 3.63) is 89.9 Å². The van der Waals surface area contributed by atoms with Gasteiger partial charge in [0.1, 0.15) is 6.10 Å². The molecule has 34 heavy (non-hydrogen) atoms. The number of amides is 2. The van der Waals surface area contributed by atoms with Crippen molar-refractivity contribution in [1.82, 2.24) is 25.2 Å². The van der Waals surface area contributed by atoms with Gasteiger partial charge in [0.25, 0.3) is 0 Å². The molecule has 0 spiro atoms. The van der Waals surface area contributed by atoms with E-state index < -0.39 is 0 Å². The SMILES string of the molecule is O=C(NCc1ccc(Cn2cnc3ccccc32)cc1)NCc1cccnc1OC1CCCC1. The molecule has 1 saturated carbocycles. The summed E-state index contributed by atoms with van der Waals surface area (Å²) in [5.41, 5.74) is 5.23. The minimum absolute atomic E-state index is 0.218. The zero-order chi connectivity index (χ0) is 23.2. The summed E-state index contributed by atoms with van der Waals surface area (Å²) in [6, 6.07) is 20.0. The number of rotatable bonds is 8. The molecular weight excluding hydrogens is 426 g/mol. The number of carbonyl (C=O) groups is 1. The second-order valence-corrected chi connectivity index (χ2v) is 8.71. The van der Waals surface area contributed by atoms with Crippen LogP contribution in [-0.4, -0.2) is 26.7 Å². The average molecular weight is 456 g/mol. The van der Waals surface area contributed by atoms with E-state index in [0.29, 0.717) is 19.0 Å². The van der Waals surface area contributed by atoms with Crippen molar-refractivity contribution in [3.8, 4) is 5.88 Å². The molecule has 1 aliphatic rings. The van der Waals surface area contributed by atoms with Crippen LogP contribution in [0.5, 0.6) is 5.88 Å². The number of imidazole rings is 1. The largest absolute Gasteiger partial charge is 0.474 e. The van der Waals surface area contributed by atoms with Crippen molar-refractivity contribution in [2.24, 2.45) is 0 Å². The normalized spacial score (nSPS) is 13.8. The van der Waals surface area contributed by atoms with E-state index in [0.717, 1.165) is 41.5 Å². The molecule has 4 aromatic rings. The summed E-state index contributed by atoms with van der Waals surface area (Å²) < 4.78 is 8.19. The van der Waals surface area contributed by atoms with Gasteiger partial charge >= 0.3 is 6.03 Å². The highest BCUT2D eigenvalue weighted by Crippen LogP contribution is 2.25. The number of nitrogens with zero attached hydrogens (tertiary/aromatic N) is 3. The number of para-hydroxylation sites is 2. The Morgan fingerprint density at radius 3 is 2.53 bits per heavy atom. The molecule has 2 aromatic carbocycles. The molecule has 1 fully saturated rings. The first kappa shape index (κ1) is 21.9. The number of fused-ring (bicyclic) bond motifs is 1. The zero-order valence-electron chi connectivity index (χ0n) is 19.1. The molecule has 0 unspecified atom stereocenters. The van der Waals surface area contributed by atoms with E-state index in [4.69, 9.17) is 4.74 Å². The van der Waals surface area contributed by atoms with Crippen LogP contribution >= 0.6 is 0 Å². The van der Waals surface area contributed by atoms with Gasteiger partial charge < -0.3 is 19.9 Å². The molecule has 0 radical (unpaired) electrons. The second kappa shape index (κ2) is 10.4. The lowest BCUT2D eigenvalue weighted by Crippen LogP contribution is -2.34. The molecule has 174 valence electrons. The zero-order valence-corrected chi connectivity index (χ0v) is 19.1. The number of carbonyl (C=O) groups excluding carboxylic acids is 1. The Balaban J connectivity index is 1.11. The number of ether oxygens (including phenoxy) is 1. The van der Waals surface area contributed by atoms with E-state index in [1.54, 1.807) is 6.20 Å². The lowest BCUT2D eigenvalue weighted by atomic mass is 10.1. The van der Waals surface area contributed by atoms with E-state index in [-0.39, 0.29) is 12.1 Å². The first-order valence-electron chi connectivity index (χ1n) is 11.8. The second-order valence-electron chi connectivity index (χ2n) is 8.71. The Kier molecular flexibility index (Phi) is 6.70. The third kappa shape index (κ3) is 5.36. The summed E-state index contributed by atoms with van der Waals surface area (Å²) in [7, 11) is 0. The Labute approximate surface area is 199 Å². The molecule has 0 atom stereocenters. The molecule has 7 heteroatoms. The van der Waals surface area contributed by atoms with E-state index in [2.05, 4.69) is 43.4 Å². The van der Waals surface area contributed by atoms with Crippen LogP contribution in [0.1, 0.15) is 42.4 Å². The van der Waals surface area contributed by atoms with Crippen LogP contribution in [-0.2, 0) is 19.6 Å². The standard InChI is InChI=1S/C27H29N5O2/c33-27(30-17-22-6-5-15-28-26(22)34-23-7-1-2-8-23)29-16-20-11-13-21(14-12-20)18-32-19-31-24-9-3-4-10-25(24)32/h3-6,9-15,19,23H,1-2,7-8,16-18H2,(H2,29,30,33). The summed E-state index contributed by atoms with van der Waals surface area (Å²) >= 11 is 0. The molecule has 0 saturated heterocycles. The van der Waals surface area contributed by atoms with Crippen LogP contribution < -0.4 is 15.4 Å². The smallest absolute Gasteiger partial charge is 0.315 e. The maximum Gasteiger partial charge on any atom is 0.315 e. The van der Waals surface area contributed by atoms with Gasteiger partial charge in [0, 0.05) is 31.4 Å². The van der Waals surface area contributed by atoms with Crippen LogP contribution in [0.15, 0.2) is 73.2 Å². The number of hydrogen-bond acceptors (Lipinski definition) is 4. The van der Waals surface area contributed by atoms with Crippen LogP contribution in [0.2, 0.25) is 0 Å². The minimum Gasteiger partial charge on any atom is -0.474 e. The van der Waals surface area contributed by atoms with E-state index in [9.17, 15) is 4.79 Å². The topological polar surface area (TPSA) is 81.1 Å². The van der Waals surface area contributed by atoms with Gasteiger partial charge in [-0.15, -0.1) is 0 Å². The highest BCUT2D eigenvalue weighted by atomic mass is 16.5. The molecule has 0 aliphatic heterocycles. The van der Waals surface area contributed by atoms with Gasteiger partial charge in [-0.2, -0.15) is 0 Å². The van der Waals surface area contributed by atoms with Crippen molar-refractivity contribution in [3.63, 3.8) is 0 Å². The Hall–Kier alpha value is -3.87. The highest BCUT2D eigenvalue weighted by Gasteiger charge is 2.18. The van der Waals surface area contributed by atoms with Crippen molar-refractivity contribution < 1.29 is 9.53 Å². The Morgan fingerprint density at radius 2 is 1.68 bits per heavy atom. The maximum atomic E-state index is 12.4. The average Bonchev–Trinajstić information content (AvgIpc) is 3.53.